The van der Waals surface area contributed by atoms with E-state index < -0.39 is 11.6 Å². The highest BCUT2D eigenvalue weighted by Gasteiger charge is 2.34. The predicted molar refractivity (Wildman–Crippen MR) is 80.4 cm³/mol. The van der Waals surface area contributed by atoms with Crippen LogP contribution in [-0.2, 0) is 12.1 Å². The first-order valence-electron chi connectivity index (χ1n) is 7.44. The summed E-state index contributed by atoms with van der Waals surface area (Å²) in [6.45, 7) is 1.72. The maximum atomic E-state index is 13.0. The lowest BCUT2D eigenvalue weighted by Crippen LogP contribution is -2.42. The number of carbonyl (C=O) groups is 1. The van der Waals surface area contributed by atoms with Crippen LogP contribution in [0.1, 0.15) is 34.5 Å². The fraction of sp³-hybridized carbons (Fsp3) is 0.375. The lowest BCUT2D eigenvalue weighted by molar-refractivity contribution is -0.0278. The first-order valence-corrected chi connectivity index (χ1v) is 7.44. The lowest BCUT2D eigenvalue weighted by Gasteiger charge is -2.38. The highest BCUT2D eigenvalue weighted by molar-refractivity contribution is 5.86. The van der Waals surface area contributed by atoms with Crippen LogP contribution in [0.4, 0.5) is 4.39 Å². The van der Waals surface area contributed by atoms with Crippen LogP contribution in [0.15, 0.2) is 30.5 Å². The molecule has 23 heavy (non-hydrogen) atoms. The monoisotopic (exact) mass is 319 g/mol. The number of aromatic nitrogens is 2. The van der Waals surface area contributed by atoms with Crippen molar-refractivity contribution < 1.29 is 19.4 Å². The second kappa shape index (κ2) is 6.10. The summed E-state index contributed by atoms with van der Waals surface area (Å²) in [6, 6.07) is 5.93. The number of likely N-dealkylation sites (tertiary alicyclic amines) is 1. The molecule has 3 N–H and O–H groups in total. The number of carboxylic acids is 1. The minimum Gasteiger partial charge on any atom is -0.477 e. The van der Waals surface area contributed by atoms with Crippen LogP contribution >= 0.6 is 0 Å². The minimum absolute atomic E-state index is 0.101. The number of halogens is 1. The molecule has 3 rings (SSSR count). The maximum absolute atomic E-state index is 13.0. The van der Waals surface area contributed by atoms with E-state index in [1.54, 1.807) is 12.1 Å². The largest absolute Gasteiger partial charge is 0.477 e. The standard InChI is InChI=1S/C16H18FN3O3/c17-13-3-1-12(2-4-13)16(23)5-7-20(8-6-16)10-11-9-18-19-14(11)15(21)22/h1-4,9,23H,5-8,10H2,(H,18,19)(H,21,22). The summed E-state index contributed by atoms with van der Waals surface area (Å²) in [5.41, 5.74) is 0.484. The fourth-order valence-corrected chi connectivity index (χ4v) is 2.99. The van der Waals surface area contributed by atoms with E-state index in [0.717, 1.165) is 0 Å². The minimum atomic E-state index is -1.03. The molecule has 1 aliphatic rings. The quantitative estimate of drug-likeness (QED) is 0.798. The van der Waals surface area contributed by atoms with Crippen molar-refractivity contribution in [2.75, 3.05) is 13.1 Å². The van der Waals surface area contributed by atoms with Crippen molar-refractivity contribution in [1.29, 1.82) is 0 Å². The van der Waals surface area contributed by atoms with Gasteiger partial charge in [0, 0.05) is 25.2 Å². The van der Waals surface area contributed by atoms with E-state index in [0.29, 0.717) is 43.6 Å². The van der Waals surface area contributed by atoms with Gasteiger partial charge in [-0.3, -0.25) is 10.00 Å². The molecule has 1 aliphatic heterocycles. The Labute approximate surface area is 132 Å². The van der Waals surface area contributed by atoms with E-state index in [1.807, 2.05) is 0 Å². The first-order chi connectivity index (χ1) is 11.0. The first kappa shape index (κ1) is 15.6. The Morgan fingerprint density at radius 1 is 1.30 bits per heavy atom. The average Bonchev–Trinajstić information content (AvgIpc) is 2.99. The fourth-order valence-electron chi connectivity index (χ4n) is 2.99. The van der Waals surface area contributed by atoms with E-state index in [9.17, 15) is 14.3 Å². The van der Waals surface area contributed by atoms with Crippen molar-refractivity contribution in [3.63, 3.8) is 0 Å². The van der Waals surface area contributed by atoms with Crippen molar-refractivity contribution in [3.8, 4) is 0 Å². The van der Waals surface area contributed by atoms with Crippen LogP contribution < -0.4 is 0 Å². The zero-order valence-corrected chi connectivity index (χ0v) is 12.5. The van der Waals surface area contributed by atoms with Gasteiger partial charge in [0.05, 0.1) is 11.8 Å². The van der Waals surface area contributed by atoms with Crippen molar-refractivity contribution in [2.24, 2.45) is 0 Å². The summed E-state index contributed by atoms with van der Waals surface area (Å²) in [6.07, 6.45) is 2.54. The Morgan fingerprint density at radius 2 is 1.96 bits per heavy atom. The van der Waals surface area contributed by atoms with Gasteiger partial charge in [0.1, 0.15) is 11.5 Å². The highest BCUT2D eigenvalue weighted by atomic mass is 19.1. The van der Waals surface area contributed by atoms with Gasteiger partial charge >= 0.3 is 5.97 Å². The Kier molecular flexibility index (Phi) is 4.14. The van der Waals surface area contributed by atoms with Crippen molar-refractivity contribution >= 4 is 5.97 Å². The van der Waals surface area contributed by atoms with Crippen LogP contribution in [-0.4, -0.2) is 44.4 Å². The molecule has 0 atom stereocenters. The van der Waals surface area contributed by atoms with Gasteiger partial charge in [-0.05, 0) is 30.5 Å². The van der Waals surface area contributed by atoms with Crippen LogP contribution in [0, 0.1) is 5.82 Å². The van der Waals surface area contributed by atoms with Gasteiger partial charge in [0.15, 0.2) is 0 Å². The van der Waals surface area contributed by atoms with Crippen LogP contribution in [0.2, 0.25) is 0 Å². The van der Waals surface area contributed by atoms with E-state index >= 15 is 0 Å². The molecule has 0 saturated carbocycles. The number of aromatic carboxylic acids is 1. The molecule has 1 fully saturated rings. The Hall–Kier alpha value is -2.25. The van der Waals surface area contributed by atoms with E-state index in [2.05, 4.69) is 15.1 Å². The lowest BCUT2D eigenvalue weighted by atomic mass is 9.84. The summed E-state index contributed by atoms with van der Waals surface area (Å²) in [7, 11) is 0. The summed E-state index contributed by atoms with van der Waals surface area (Å²) >= 11 is 0. The van der Waals surface area contributed by atoms with Gasteiger partial charge < -0.3 is 10.2 Å². The molecule has 7 heteroatoms. The summed E-state index contributed by atoms with van der Waals surface area (Å²) in [5.74, 6) is -1.35. The number of hydrogen-bond donors (Lipinski definition) is 3. The van der Waals surface area contributed by atoms with E-state index in [-0.39, 0.29) is 11.5 Å². The summed E-state index contributed by atoms with van der Waals surface area (Å²) in [4.78, 5) is 13.2. The average molecular weight is 319 g/mol. The smallest absolute Gasteiger partial charge is 0.354 e. The number of carboxylic acid groups (broad SMARTS) is 1. The van der Waals surface area contributed by atoms with Gasteiger partial charge in [0.2, 0.25) is 0 Å². The van der Waals surface area contributed by atoms with E-state index in [1.165, 1.54) is 18.3 Å². The zero-order chi connectivity index (χ0) is 16.4. The van der Waals surface area contributed by atoms with Gasteiger partial charge in [-0.25, -0.2) is 9.18 Å². The Balaban J connectivity index is 1.65. The van der Waals surface area contributed by atoms with Crippen molar-refractivity contribution in [3.05, 3.63) is 53.1 Å². The van der Waals surface area contributed by atoms with E-state index in [4.69, 9.17) is 5.11 Å². The number of hydrogen-bond acceptors (Lipinski definition) is 4. The Bertz CT molecular complexity index is 691. The topological polar surface area (TPSA) is 89.4 Å². The molecule has 2 heterocycles. The number of H-pyrrole nitrogens is 1. The molecule has 0 unspecified atom stereocenters. The number of aliphatic hydroxyl groups is 1. The molecule has 1 aromatic carbocycles. The number of aromatic amines is 1. The third-order valence-electron chi connectivity index (χ3n) is 4.39. The second-order valence-electron chi connectivity index (χ2n) is 5.89. The third kappa shape index (κ3) is 3.25. The van der Waals surface area contributed by atoms with Gasteiger partial charge in [-0.2, -0.15) is 5.10 Å². The molecular weight excluding hydrogens is 301 g/mol. The van der Waals surface area contributed by atoms with Gasteiger partial charge in [-0.15, -0.1) is 0 Å². The van der Waals surface area contributed by atoms with Crippen molar-refractivity contribution in [1.82, 2.24) is 15.1 Å². The summed E-state index contributed by atoms with van der Waals surface area (Å²) in [5, 5.41) is 26.1. The predicted octanol–water partition coefficient (Wildman–Crippen LogP) is 1.73. The van der Waals surface area contributed by atoms with Gasteiger partial charge in [-0.1, -0.05) is 12.1 Å². The normalized spacial score (nSPS) is 18.0. The molecule has 0 amide bonds. The van der Waals surface area contributed by atoms with Crippen LogP contribution in [0.3, 0.4) is 0 Å². The SMILES string of the molecule is O=C(O)c1[nH]ncc1CN1CCC(O)(c2ccc(F)cc2)CC1. The van der Waals surface area contributed by atoms with Crippen LogP contribution in [0.25, 0.3) is 0 Å². The molecule has 6 nitrogen and oxygen atoms in total. The molecule has 0 spiro atoms. The highest BCUT2D eigenvalue weighted by Crippen LogP contribution is 2.33. The molecule has 0 bridgehead atoms. The van der Waals surface area contributed by atoms with Crippen molar-refractivity contribution in [2.45, 2.75) is 25.0 Å². The maximum Gasteiger partial charge on any atom is 0.354 e. The number of piperidine rings is 1. The molecule has 1 aromatic heterocycles. The number of benzene rings is 1. The zero-order valence-electron chi connectivity index (χ0n) is 12.5. The van der Waals surface area contributed by atoms with Crippen LogP contribution in [0.5, 0.6) is 0 Å². The molecule has 122 valence electrons. The number of rotatable bonds is 4. The molecule has 0 radical (unpaired) electrons. The number of nitrogens with zero attached hydrogens (tertiary/aromatic N) is 2. The second-order valence-corrected chi connectivity index (χ2v) is 5.89. The number of nitrogens with one attached hydrogen (secondary N) is 1. The summed E-state index contributed by atoms with van der Waals surface area (Å²) < 4.78 is 13.0. The molecule has 1 saturated heterocycles. The Morgan fingerprint density at radius 3 is 2.57 bits per heavy atom. The molecule has 0 aliphatic carbocycles. The third-order valence-corrected chi connectivity index (χ3v) is 4.39. The molecular formula is C16H18FN3O3. The van der Waals surface area contributed by atoms with Gasteiger partial charge in [0.25, 0.3) is 0 Å². The molecule has 2 aromatic rings.